The molecule has 0 aromatic carbocycles. The highest BCUT2D eigenvalue weighted by Crippen LogP contribution is 2.05. The monoisotopic (exact) mass is 184 g/mol. The van der Waals surface area contributed by atoms with Gasteiger partial charge in [-0.2, -0.15) is 0 Å². The van der Waals surface area contributed by atoms with E-state index in [2.05, 4.69) is 37.6 Å². The summed E-state index contributed by atoms with van der Waals surface area (Å²) in [5.41, 5.74) is 1.25. The van der Waals surface area contributed by atoms with E-state index in [1.807, 2.05) is 7.05 Å². The Morgan fingerprint density at radius 1 is 1.54 bits per heavy atom. The summed E-state index contributed by atoms with van der Waals surface area (Å²) in [6.07, 6.45) is 1.21. The second-order valence-electron chi connectivity index (χ2n) is 3.76. The first kappa shape index (κ1) is 12.7. The predicted molar refractivity (Wildman–Crippen MR) is 60.1 cm³/mol. The summed E-state index contributed by atoms with van der Waals surface area (Å²) in [5.74, 6) is 0. The van der Waals surface area contributed by atoms with Gasteiger partial charge < -0.3 is 5.32 Å². The standard InChI is InChI=1S/C11H24N2/c1-6-13(9-10(2)3)11(4)7-8-12-5/h11-12H,2,6-9H2,1,3-5H3. The SMILES string of the molecule is C=C(C)CN(CC)C(C)CCNC. The van der Waals surface area contributed by atoms with Crippen LogP contribution in [-0.2, 0) is 0 Å². The maximum atomic E-state index is 3.95. The number of rotatable bonds is 7. The molecular formula is C11H24N2. The third-order valence-corrected chi connectivity index (χ3v) is 2.31. The first-order chi connectivity index (χ1) is 6.11. The van der Waals surface area contributed by atoms with Gasteiger partial charge in [-0.25, -0.2) is 0 Å². The zero-order valence-corrected chi connectivity index (χ0v) is 9.56. The first-order valence-corrected chi connectivity index (χ1v) is 5.14. The minimum atomic E-state index is 0.647. The Labute approximate surface area is 83.0 Å². The number of hydrogen-bond acceptors (Lipinski definition) is 2. The lowest BCUT2D eigenvalue weighted by atomic mass is 10.2. The van der Waals surface area contributed by atoms with E-state index in [4.69, 9.17) is 0 Å². The Kier molecular flexibility index (Phi) is 6.92. The molecule has 1 atom stereocenters. The summed E-state index contributed by atoms with van der Waals surface area (Å²) in [4.78, 5) is 2.46. The van der Waals surface area contributed by atoms with Crippen LogP contribution in [0.2, 0.25) is 0 Å². The van der Waals surface area contributed by atoms with Crippen LogP contribution in [0.5, 0.6) is 0 Å². The summed E-state index contributed by atoms with van der Waals surface area (Å²) in [6.45, 7) is 13.8. The number of hydrogen-bond donors (Lipinski definition) is 1. The fourth-order valence-corrected chi connectivity index (χ4v) is 1.46. The molecule has 0 saturated heterocycles. The third kappa shape index (κ3) is 5.83. The molecule has 2 heteroatoms. The predicted octanol–water partition coefficient (Wildman–Crippen LogP) is 1.88. The van der Waals surface area contributed by atoms with Crippen molar-refractivity contribution in [2.45, 2.75) is 33.2 Å². The van der Waals surface area contributed by atoms with Gasteiger partial charge in [-0.1, -0.05) is 19.1 Å². The zero-order valence-electron chi connectivity index (χ0n) is 9.56. The second kappa shape index (κ2) is 7.10. The Hall–Kier alpha value is -0.340. The summed E-state index contributed by atoms with van der Waals surface area (Å²) in [7, 11) is 2.00. The molecule has 0 rings (SSSR count). The molecule has 13 heavy (non-hydrogen) atoms. The van der Waals surface area contributed by atoms with E-state index >= 15 is 0 Å². The quantitative estimate of drug-likeness (QED) is 0.608. The largest absolute Gasteiger partial charge is 0.320 e. The lowest BCUT2D eigenvalue weighted by molar-refractivity contribution is 0.227. The molecule has 0 bridgehead atoms. The van der Waals surface area contributed by atoms with Crippen molar-refractivity contribution in [3.8, 4) is 0 Å². The molecule has 0 aliphatic heterocycles. The molecule has 0 saturated carbocycles. The Bertz CT molecular complexity index is 143. The van der Waals surface area contributed by atoms with E-state index in [1.165, 1.54) is 12.0 Å². The van der Waals surface area contributed by atoms with E-state index in [0.717, 1.165) is 19.6 Å². The minimum Gasteiger partial charge on any atom is -0.320 e. The maximum Gasteiger partial charge on any atom is 0.0190 e. The van der Waals surface area contributed by atoms with Crippen molar-refractivity contribution >= 4 is 0 Å². The van der Waals surface area contributed by atoms with E-state index in [-0.39, 0.29) is 0 Å². The second-order valence-corrected chi connectivity index (χ2v) is 3.76. The van der Waals surface area contributed by atoms with Gasteiger partial charge in [0.2, 0.25) is 0 Å². The fraction of sp³-hybridized carbons (Fsp3) is 0.818. The average Bonchev–Trinajstić information content (AvgIpc) is 2.09. The number of likely N-dealkylation sites (N-methyl/N-ethyl adjacent to an activating group) is 1. The normalized spacial score (nSPS) is 13.3. The molecule has 0 fully saturated rings. The molecule has 0 amide bonds. The van der Waals surface area contributed by atoms with Gasteiger partial charge in [0.15, 0.2) is 0 Å². The number of nitrogens with one attached hydrogen (secondary N) is 1. The lowest BCUT2D eigenvalue weighted by Crippen LogP contribution is -2.35. The molecule has 0 heterocycles. The fourth-order valence-electron chi connectivity index (χ4n) is 1.46. The van der Waals surface area contributed by atoms with Crippen LogP contribution in [-0.4, -0.2) is 37.6 Å². The van der Waals surface area contributed by atoms with Gasteiger partial charge in [-0.3, -0.25) is 4.90 Å². The van der Waals surface area contributed by atoms with Crippen molar-refractivity contribution in [1.29, 1.82) is 0 Å². The lowest BCUT2D eigenvalue weighted by Gasteiger charge is -2.27. The minimum absolute atomic E-state index is 0.647. The molecule has 0 aromatic rings. The third-order valence-electron chi connectivity index (χ3n) is 2.31. The highest BCUT2D eigenvalue weighted by atomic mass is 15.1. The topological polar surface area (TPSA) is 15.3 Å². The van der Waals surface area contributed by atoms with Crippen molar-refractivity contribution < 1.29 is 0 Å². The molecule has 0 spiro atoms. The molecule has 0 aliphatic rings. The van der Waals surface area contributed by atoms with Gasteiger partial charge in [0.25, 0.3) is 0 Å². The van der Waals surface area contributed by atoms with Crippen LogP contribution < -0.4 is 5.32 Å². The summed E-state index contributed by atoms with van der Waals surface area (Å²) < 4.78 is 0. The highest BCUT2D eigenvalue weighted by Gasteiger charge is 2.10. The molecule has 2 nitrogen and oxygen atoms in total. The summed E-state index contributed by atoms with van der Waals surface area (Å²) >= 11 is 0. The molecule has 0 aliphatic carbocycles. The van der Waals surface area contributed by atoms with Gasteiger partial charge in [0.1, 0.15) is 0 Å². The van der Waals surface area contributed by atoms with Crippen LogP contribution in [0.25, 0.3) is 0 Å². The van der Waals surface area contributed by atoms with Crippen molar-refractivity contribution in [1.82, 2.24) is 10.2 Å². The van der Waals surface area contributed by atoms with Crippen LogP contribution in [0.15, 0.2) is 12.2 Å². The smallest absolute Gasteiger partial charge is 0.0190 e. The molecule has 0 radical (unpaired) electrons. The summed E-state index contributed by atoms with van der Waals surface area (Å²) in [6, 6.07) is 0.647. The highest BCUT2D eigenvalue weighted by molar-refractivity contribution is 4.92. The van der Waals surface area contributed by atoms with E-state index in [9.17, 15) is 0 Å². The Morgan fingerprint density at radius 3 is 2.54 bits per heavy atom. The van der Waals surface area contributed by atoms with Crippen LogP contribution in [0, 0.1) is 0 Å². The van der Waals surface area contributed by atoms with Gasteiger partial charge >= 0.3 is 0 Å². The van der Waals surface area contributed by atoms with E-state index < -0.39 is 0 Å². The van der Waals surface area contributed by atoms with Crippen molar-refractivity contribution in [3.63, 3.8) is 0 Å². The number of nitrogens with zero attached hydrogens (tertiary/aromatic N) is 1. The molecule has 1 unspecified atom stereocenters. The van der Waals surface area contributed by atoms with Crippen LogP contribution in [0.3, 0.4) is 0 Å². The molecule has 1 N–H and O–H groups in total. The van der Waals surface area contributed by atoms with Gasteiger partial charge in [0.05, 0.1) is 0 Å². The zero-order chi connectivity index (χ0) is 10.3. The van der Waals surface area contributed by atoms with Crippen LogP contribution in [0.1, 0.15) is 27.2 Å². The Balaban J connectivity index is 3.84. The first-order valence-electron chi connectivity index (χ1n) is 5.14. The van der Waals surface area contributed by atoms with Crippen LogP contribution in [0.4, 0.5) is 0 Å². The molecule has 78 valence electrons. The van der Waals surface area contributed by atoms with Crippen molar-refractivity contribution in [2.75, 3.05) is 26.7 Å². The molecular weight excluding hydrogens is 160 g/mol. The van der Waals surface area contributed by atoms with Crippen molar-refractivity contribution in [3.05, 3.63) is 12.2 Å². The van der Waals surface area contributed by atoms with Gasteiger partial charge in [-0.05, 0) is 40.4 Å². The van der Waals surface area contributed by atoms with Gasteiger partial charge in [0, 0.05) is 12.6 Å². The average molecular weight is 184 g/mol. The van der Waals surface area contributed by atoms with E-state index in [0.29, 0.717) is 6.04 Å². The van der Waals surface area contributed by atoms with Crippen LogP contribution >= 0.6 is 0 Å². The summed E-state index contributed by atoms with van der Waals surface area (Å²) in [5, 5.41) is 3.18. The Morgan fingerprint density at radius 2 is 2.15 bits per heavy atom. The molecule has 0 aromatic heterocycles. The maximum absolute atomic E-state index is 3.95. The van der Waals surface area contributed by atoms with Crippen molar-refractivity contribution in [2.24, 2.45) is 0 Å². The van der Waals surface area contributed by atoms with Gasteiger partial charge in [-0.15, -0.1) is 0 Å². The van der Waals surface area contributed by atoms with E-state index in [1.54, 1.807) is 0 Å².